The summed E-state index contributed by atoms with van der Waals surface area (Å²) >= 11 is 0. The van der Waals surface area contributed by atoms with Crippen LogP contribution in [0.25, 0.3) is 11.0 Å². The van der Waals surface area contributed by atoms with Gasteiger partial charge in [-0.1, -0.05) is 12.1 Å². The Morgan fingerprint density at radius 3 is 2.34 bits per heavy atom. The van der Waals surface area contributed by atoms with E-state index in [9.17, 15) is 9.59 Å². The number of furan rings is 1. The molecule has 7 heteroatoms. The molecule has 152 valence electrons. The minimum Gasteiger partial charge on any atom is -0.497 e. The number of hydrogen-bond donors (Lipinski definition) is 1. The molecule has 0 saturated carbocycles. The Kier molecular flexibility index (Phi) is 6.07. The first-order valence-corrected chi connectivity index (χ1v) is 9.11. The van der Waals surface area contributed by atoms with Gasteiger partial charge in [-0.05, 0) is 49.7 Å². The quantitative estimate of drug-likeness (QED) is 0.613. The van der Waals surface area contributed by atoms with E-state index in [2.05, 4.69) is 5.32 Å². The van der Waals surface area contributed by atoms with Gasteiger partial charge < -0.3 is 23.9 Å². The number of carbonyl (C=O) groups excluding carboxylic acids is 2. The van der Waals surface area contributed by atoms with E-state index < -0.39 is 18.0 Å². The molecule has 0 aliphatic heterocycles. The first kappa shape index (κ1) is 20.3. The van der Waals surface area contributed by atoms with Gasteiger partial charge in [-0.15, -0.1) is 0 Å². The van der Waals surface area contributed by atoms with Crippen LogP contribution in [0.5, 0.6) is 11.5 Å². The predicted molar refractivity (Wildman–Crippen MR) is 107 cm³/mol. The molecule has 3 aromatic rings. The smallest absolute Gasteiger partial charge is 0.375 e. The highest BCUT2D eigenvalue weighted by atomic mass is 16.6. The molecule has 1 atom stereocenters. The van der Waals surface area contributed by atoms with Crippen molar-refractivity contribution in [3.63, 3.8) is 0 Å². The van der Waals surface area contributed by atoms with Gasteiger partial charge in [0.25, 0.3) is 5.91 Å². The van der Waals surface area contributed by atoms with E-state index in [4.69, 9.17) is 18.6 Å². The molecule has 0 bridgehead atoms. The lowest BCUT2D eigenvalue weighted by atomic mass is 10.1. The van der Waals surface area contributed by atoms with Crippen molar-refractivity contribution < 1.29 is 28.2 Å². The number of ether oxygens (including phenoxy) is 3. The topological polar surface area (TPSA) is 87.0 Å². The molecular formula is C22H23NO6. The van der Waals surface area contributed by atoms with Crippen molar-refractivity contribution in [2.75, 3.05) is 14.2 Å². The third kappa shape index (κ3) is 4.51. The van der Waals surface area contributed by atoms with E-state index in [1.54, 1.807) is 39.3 Å². The molecule has 0 aliphatic carbocycles. The third-order valence-corrected chi connectivity index (χ3v) is 4.61. The first-order valence-electron chi connectivity index (χ1n) is 9.11. The van der Waals surface area contributed by atoms with Gasteiger partial charge in [0.15, 0.2) is 6.10 Å². The van der Waals surface area contributed by atoms with Crippen molar-refractivity contribution in [2.45, 2.75) is 26.5 Å². The number of amides is 1. The number of hydrogen-bond acceptors (Lipinski definition) is 6. The van der Waals surface area contributed by atoms with Crippen molar-refractivity contribution in [2.24, 2.45) is 0 Å². The largest absolute Gasteiger partial charge is 0.497 e. The zero-order valence-electron chi connectivity index (χ0n) is 16.8. The average molecular weight is 397 g/mol. The zero-order chi connectivity index (χ0) is 21.0. The van der Waals surface area contributed by atoms with Gasteiger partial charge in [-0.2, -0.15) is 0 Å². The Morgan fingerprint density at radius 1 is 1.03 bits per heavy atom. The standard InChI is InChI=1S/C22H23NO6/c1-13-18-11-17(27-4)9-10-19(18)29-20(13)22(25)28-14(2)21(24)23-12-15-5-7-16(26-3)8-6-15/h5-11,14H,12H2,1-4H3,(H,23,24)/t14-/m1/s1. The lowest BCUT2D eigenvalue weighted by Gasteiger charge is -2.13. The van der Waals surface area contributed by atoms with Crippen molar-refractivity contribution in [3.8, 4) is 11.5 Å². The first-order chi connectivity index (χ1) is 13.9. The molecule has 0 unspecified atom stereocenters. The highest BCUT2D eigenvalue weighted by molar-refractivity contribution is 5.97. The third-order valence-electron chi connectivity index (χ3n) is 4.61. The fraction of sp³-hybridized carbons (Fsp3) is 0.273. The van der Waals surface area contributed by atoms with Gasteiger partial charge in [0.2, 0.25) is 5.76 Å². The molecule has 2 aromatic carbocycles. The Labute approximate surface area is 168 Å². The molecule has 0 fully saturated rings. The van der Waals surface area contributed by atoms with Crippen molar-refractivity contribution in [1.29, 1.82) is 0 Å². The molecule has 0 aliphatic rings. The summed E-state index contributed by atoms with van der Waals surface area (Å²) in [6.45, 7) is 3.59. The molecule has 7 nitrogen and oxygen atoms in total. The lowest BCUT2D eigenvalue weighted by molar-refractivity contribution is -0.129. The number of carbonyl (C=O) groups is 2. The second-order valence-electron chi connectivity index (χ2n) is 6.53. The van der Waals surface area contributed by atoms with Gasteiger partial charge in [0.05, 0.1) is 14.2 Å². The second kappa shape index (κ2) is 8.68. The van der Waals surface area contributed by atoms with Crippen LogP contribution in [0.1, 0.15) is 28.6 Å². The van der Waals surface area contributed by atoms with E-state index in [0.717, 1.165) is 16.7 Å². The van der Waals surface area contributed by atoms with Gasteiger partial charge in [0.1, 0.15) is 17.1 Å². The number of methoxy groups -OCH3 is 2. The van der Waals surface area contributed by atoms with Crippen LogP contribution in [0.3, 0.4) is 0 Å². The molecule has 0 saturated heterocycles. The van der Waals surface area contributed by atoms with Gasteiger partial charge in [0, 0.05) is 17.5 Å². The van der Waals surface area contributed by atoms with E-state index >= 15 is 0 Å². The summed E-state index contributed by atoms with van der Waals surface area (Å²) in [6, 6.07) is 12.6. The molecule has 1 amide bonds. The van der Waals surface area contributed by atoms with Crippen LogP contribution in [0, 0.1) is 6.92 Å². The summed E-state index contributed by atoms with van der Waals surface area (Å²) in [5.74, 6) is 0.381. The number of benzene rings is 2. The Morgan fingerprint density at radius 2 is 1.69 bits per heavy atom. The van der Waals surface area contributed by atoms with Crippen molar-refractivity contribution >= 4 is 22.8 Å². The van der Waals surface area contributed by atoms with Gasteiger partial charge >= 0.3 is 5.97 Å². The zero-order valence-corrected chi connectivity index (χ0v) is 16.8. The van der Waals surface area contributed by atoms with E-state index in [1.807, 2.05) is 24.3 Å². The van der Waals surface area contributed by atoms with Crippen LogP contribution in [0.4, 0.5) is 0 Å². The number of fused-ring (bicyclic) bond motifs is 1. The fourth-order valence-corrected chi connectivity index (χ4v) is 2.87. The molecule has 1 heterocycles. The minimum absolute atomic E-state index is 0.0723. The number of esters is 1. The highest BCUT2D eigenvalue weighted by Gasteiger charge is 2.24. The summed E-state index contributed by atoms with van der Waals surface area (Å²) in [4.78, 5) is 24.8. The average Bonchev–Trinajstić information content (AvgIpc) is 3.08. The van der Waals surface area contributed by atoms with E-state index in [0.29, 0.717) is 23.4 Å². The maximum Gasteiger partial charge on any atom is 0.375 e. The van der Waals surface area contributed by atoms with Crippen molar-refractivity contribution in [1.82, 2.24) is 5.32 Å². The maximum atomic E-state index is 12.5. The molecule has 0 spiro atoms. The summed E-state index contributed by atoms with van der Waals surface area (Å²) in [6.07, 6.45) is -0.970. The van der Waals surface area contributed by atoms with Crippen molar-refractivity contribution in [3.05, 3.63) is 59.4 Å². The maximum absolute atomic E-state index is 12.5. The normalized spacial score (nSPS) is 11.7. The van der Waals surface area contributed by atoms with Gasteiger partial charge in [-0.3, -0.25) is 4.79 Å². The number of rotatable bonds is 7. The summed E-state index contributed by atoms with van der Waals surface area (Å²) in [5, 5.41) is 3.50. The highest BCUT2D eigenvalue weighted by Crippen LogP contribution is 2.29. The fourth-order valence-electron chi connectivity index (χ4n) is 2.87. The van der Waals surface area contributed by atoms with Crippen LogP contribution < -0.4 is 14.8 Å². The Bertz CT molecular complexity index is 1020. The lowest BCUT2D eigenvalue weighted by Crippen LogP contribution is -2.35. The molecule has 1 aromatic heterocycles. The van der Waals surface area contributed by atoms with Gasteiger partial charge in [-0.25, -0.2) is 4.79 Å². The molecule has 1 N–H and O–H groups in total. The molecule has 29 heavy (non-hydrogen) atoms. The van der Waals surface area contributed by atoms with Crippen LogP contribution in [-0.4, -0.2) is 32.2 Å². The molecule has 0 radical (unpaired) electrons. The Hall–Kier alpha value is -3.48. The van der Waals surface area contributed by atoms with Crippen LogP contribution >= 0.6 is 0 Å². The number of nitrogens with one attached hydrogen (secondary N) is 1. The van der Waals surface area contributed by atoms with E-state index in [1.165, 1.54) is 6.92 Å². The van der Waals surface area contributed by atoms with E-state index in [-0.39, 0.29) is 5.76 Å². The van der Waals surface area contributed by atoms with Crippen LogP contribution in [0.2, 0.25) is 0 Å². The monoisotopic (exact) mass is 397 g/mol. The Balaban J connectivity index is 1.62. The SMILES string of the molecule is COc1ccc(CNC(=O)[C@@H](C)OC(=O)c2oc3ccc(OC)cc3c2C)cc1. The molecular weight excluding hydrogens is 374 g/mol. The second-order valence-corrected chi connectivity index (χ2v) is 6.53. The van der Waals surface area contributed by atoms with Crippen LogP contribution in [0.15, 0.2) is 46.9 Å². The summed E-state index contributed by atoms with van der Waals surface area (Å²) < 4.78 is 21.2. The predicted octanol–water partition coefficient (Wildman–Crippen LogP) is 3.62. The number of aryl methyl sites for hydroxylation is 1. The molecule has 3 rings (SSSR count). The van der Waals surface area contributed by atoms with Crippen LogP contribution in [-0.2, 0) is 16.1 Å². The summed E-state index contributed by atoms with van der Waals surface area (Å²) in [5.41, 5.74) is 2.08. The minimum atomic E-state index is -0.970. The summed E-state index contributed by atoms with van der Waals surface area (Å²) in [7, 11) is 3.16.